The first kappa shape index (κ1) is 29.8. The van der Waals surface area contributed by atoms with Crippen LogP contribution in [0.15, 0.2) is 164 Å². The molecule has 0 saturated carbocycles. The molecule has 4 nitrogen and oxygen atoms in total. The number of rotatable bonds is 5. The Labute approximate surface area is 291 Å². The number of imidazole rings is 1. The summed E-state index contributed by atoms with van der Waals surface area (Å²) in [6.07, 6.45) is 0. The maximum atomic E-state index is 5.60. The summed E-state index contributed by atoms with van der Waals surface area (Å²) in [5, 5.41) is 2.40. The van der Waals surface area contributed by atoms with Crippen molar-refractivity contribution in [3.8, 4) is 45.3 Å². The molecule has 9 rings (SSSR count). The molecule has 240 valence electrons. The summed E-state index contributed by atoms with van der Waals surface area (Å²) in [6.45, 7) is 6.82. The van der Waals surface area contributed by atoms with Crippen molar-refractivity contribution in [2.24, 2.45) is 0 Å². The molecule has 0 radical (unpaired) electrons. The number of benzene rings is 6. The van der Waals surface area contributed by atoms with Gasteiger partial charge in [-0.25, -0.2) is 9.97 Å². The Kier molecular flexibility index (Phi) is 6.99. The number of aromatic nitrogens is 4. The molecule has 0 amide bonds. The van der Waals surface area contributed by atoms with E-state index in [1.807, 2.05) is 6.07 Å². The second-order valence-corrected chi connectivity index (χ2v) is 13.9. The second kappa shape index (κ2) is 11.7. The zero-order valence-electron chi connectivity index (χ0n) is 28.4. The molecule has 0 aliphatic rings. The van der Waals surface area contributed by atoms with E-state index in [1.165, 1.54) is 16.3 Å². The van der Waals surface area contributed by atoms with Gasteiger partial charge >= 0.3 is 0 Å². The van der Waals surface area contributed by atoms with Crippen LogP contribution in [0.4, 0.5) is 0 Å². The van der Waals surface area contributed by atoms with Gasteiger partial charge in [-0.15, -0.1) is 0 Å². The first-order valence-corrected chi connectivity index (χ1v) is 17.2. The van der Waals surface area contributed by atoms with Gasteiger partial charge < -0.3 is 0 Å². The Balaban J connectivity index is 1.40. The van der Waals surface area contributed by atoms with Crippen molar-refractivity contribution in [2.75, 3.05) is 0 Å². The van der Waals surface area contributed by atoms with Gasteiger partial charge in [-0.2, -0.15) is 0 Å². The van der Waals surface area contributed by atoms with Crippen LogP contribution in [-0.2, 0) is 5.41 Å². The summed E-state index contributed by atoms with van der Waals surface area (Å²) >= 11 is 0. The fourth-order valence-electron chi connectivity index (χ4n) is 7.22. The third-order valence-electron chi connectivity index (χ3n) is 9.73. The van der Waals surface area contributed by atoms with Crippen molar-refractivity contribution < 1.29 is 0 Å². The lowest BCUT2D eigenvalue weighted by atomic mass is 9.85. The highest BCUT2D eigenvalue weighted by atomic mass is 15.2. The van der Waals surface area contributed by atoms with Gasteiger partial charge in [-0.3, -0.25) is 9.13 Å². The number of hydrogen-bond acceptors (Lipinski definition) is 2. The molecule has 0 N–H and O–H groups in total. The van der Waals surface area contributed by atoms with Crippen molar-refractivity contribution in [3.05, 3.63) is 169 Å². The third-order valence-corrected chi connectivity index (χ3v) is 9.73. The van der Waals surface area contributed by atoms with Gasteiger partial charge in [0.1, 0.15) is 5.52 Å². The molecule has 0 aliphatic carbocycles. The Bertz CT molecular complexity index is 2620. The quantitative estimate of drug-likeness (QED) is 0.187. The van der Waals surface area contributed by atoms with E-state index < -0.39 is 0 Å². The van der Waals surface area contributed by atoms with Crippen LogP contribution in [0.3, 0.4) is 0 Å². The highest BCUT2D eigenvalue weighted by Gasteiger charge is 2.25. The molecule has 0 aliphatic heterocycles. The van der Waals surface area contributed by atoms with Gasteiger partial charge in [0.2, 0.25) is 5.95 Å². The van der Waals surface area contributed by atoms with Gasteiger partial charge in [-0.05, 0) is 59.0 Å². The molecular formula is C46H36N4. The molecule has 0 unspecified atom stereocenters. The molecule has 0 fully saturated rings. The molecule has 0 bridgehead atoms. The molecular weight excluding hydrogens is 609 g/mol. The molecule has 0 spiro atoms. The van der Waals surface area contributed by atoms with E-state index in [0.717, 1.165) is 67.3 Å². The van der Waals surface area contributed by atoms with Crippen LogP contribution in [-0.4, -0.2) is 19.1 Å². The van der Waals surface area contributed by atoms with Gasteiger partial charge in [0.05, 0.1) is 33.6 Å². The largest absolute Gasteiger partial charge is 0.279 e. The maximum absolute atomic E-state index is 5.60. The zero-order valence-corrected chi connectivity index (χ0v) is 28.4. The summed E-state index contributed by atoms with van der Waals surface area (Å²) in [5.74, 6) is 0.838. The van der Waals surface area contributed by atoms with Crippen LogP contribution in [0, 0.1) is 0 Å². The Morgan fingerprint density at radius 1 is 0.440 bits per heavy atom. The lowest BCUT2D eigenvalue weighted by molar-refractivity contribution is 0.590. The first-order valence-electron chi connectivity index (χ1n) is 17.2. The number of nitrogens with zero attached hydrogens (tertiary/aromatic N) is 4. The lowest BCUT2D eigenvalue weighted by Crippen LogP contribution is -2.12. The standard InChI is InChI=1S/C46H36N4/c1-46(2,3)33-28-29-42(37(30-33)31-16-6-4-7-17-31)50-43-27-14-22-36(39-24-15-23-38(47-39)32-18-8-5-9-19-32)44(43)48-45(50)49-40-25-12-10-20-34(40)35-21-11-13-26-41(35)49/h4-30H,1-3H3. The Hall–Kier alpha value is -6.26. The SMILES string of the molecule is CC(C)(C)c1ccc(-n2c(-n3c4ccccc4c4ccccc43)nc3c(-c4cccc(-c5ccccc5)n4)cccc32)c(-c2ccccc2)c1. The summed E-state index contributed by atoms with van der Waals surface area (Å²) in [7, 11) is 0. The molecule has 3 heterocycles. The van der Waals surface area contributed by atoms with E-state index in [4.69, 9.17) is 9.97 Å². The summed E-state index contributed by atoms with van der Waals surface area (Å²) in [4.78, 5) is 10.8. The van der Waals surface area contributed by atoms with E-state index in [-0.39, 0.29) is 5.41 Å². The van der Waals surface area contributed by atoms with Crippen LogP contribution < -0.4 is 0 Å². The van der Waals surface area contributed by atoms with Crippen LogP contribution in [0.25, 0.3) is 78.1 Å². The summed E-state index contributed by atoms with van der Waals surface area (Å²) < 4.78 is 4.68. The van der Waals surface area contributed by atoms with Gasteiger partial charge in [0.25, 0.3) is 0 Å². The second-order valence-electron chi connectivity index (χ2n) is 13.9. The van der Waals surface area contributed by atoms with Crippen LogP contribution in [0.5, 0.6) is 0 Å². The predicted molar refractivity (Wildman–Crippen MR) is 208 cm³/mol. The summed E-state index contributed by atoms with van der Waals surface area (Å²) in [5.41, 5.74) is 12.7. The third kappa shape index (κ3) is 4.91. The first-order chi connectivity index (χ1) is 24.5. The molecule has 0 saturated heterocycles. The van der Waals surface area contributed by atoms with E-state index >= 15 is 0 Å². The maximum Gasteiger partial charge on any atom is 0.220 e. The van der Waals surface area contributed by atoms with Crippen LogP contribution in [0.2, 0.25) is 0 Å². The minimum Gasteiger partial charge on any atom is -0.279 e. The number of para-hydroxylation sites is 3. The fourth-order valence-corrected chi connectivity index (χ4v) is 7.22. The molecule has 9 aromatic rings. The number of pyridine rings is 1. The van der Waals surface area contributed by atoms with E-state index in [0.29, 0.717) is 0 Å². The Morgan fingerprint density at radius 3 is 1.70 bits per heavy atom. The van der Waals surface area contributed by atoms with E-state index in [1.54, 1.807) is 0 Å². The van der Waals surface area contributed by atoms with Crippen LogP contribution >= 0.6 is 0 Å². The minimum absolute atomic E-state index is 0.0165. The minimum atomic E-state index is -0.0165. The van der Waals surface area contributed by atoms with Crippen LogP contribution in [0.1, 0.15) is 26.3 Å². The molecule has 0 atom stereocenters. The van der Waals surface area contributed by atoms with Crippen molar-refractivity contribution in [3.63, 3.8) is 0 Å². The number of fused-ring (bicyclic) bond motifs is 4. The Morgan fingerprint density at radius 2 is 1.02 bits per heavy atom. The van der Waals surface area contributed by atoms with Crippen molar-refractivity contribution >= 4 is 32.8 Å². The van der Waals surface area contributed by atoms with E-state index in [2.05, 4.69) is 188 Å². The zero-order chi connectivity index (χ0) is 33.8. The average Bonchev–Trinajstić information content (AvgIpc) is 3.71. The van der Waals surface area contributed by atoms with Crippen molar-refractivity contribution in [1.29, 1.82) is 0 Å². The smallest absolute Gasteiger partial charge is 0.220 e. The van der Waals surface area contributed by atoms with Crippen molar-refractivity contribution in [2.45, 2.75) is 26.2 Å². The predicted octanol–water partition coefficient (Wildman–Crippen LogP) is 11.8. The monoisotopic (exact) mass is 644 g/mol. The number of hydrogen-bond donors (Lipinski definition) is 0. The molecule has 50 heavy (non-hydrogen) atoms. The van der Waals surface area contributed by atoms with E-state index in [9.17, 15) is 0 Å². The normalized spacial score (nSPS) is 11.9. The van der Waals surface area contributed by atoms with Gasteiger partial charge in [-0.1, -0.05) is 142 Å². The highest BCUT2D eigenvalue weighted by molar-refractivity contribution is 6.09. The molecule has 6 aromatic carbocycles. The average molecular weight is 645 g/mol. The fraction of sp³-hybridized carbons (Fsp3) is 0.0870. The highest BCUT2D eigenvalue weighted by Crippen LogP contribution is 2.40. The lowest BCUT2D eigenvalue weighted by Gasteiger charge is -2.23. The topological polar surface area (TPSA) is 35.6 Å². The van der Waals surface area contributed by atoms with Gasteiger partial charge in [0.15, 0.2) is 0 Å². The molecule has 4 heteroatoms. The van der Waals surface area contributed by atoms with Gasteiger partial charge in [0, 0.05) is 27.5 Å². The van der Waals surface area contributed by atoms with Crippen molar-refractivity contribution in [1.82, 2.24) is 19.1 Å². The molecule has 3 aromatic heterocycles. The summed E-state index contributed by atoms with van der Waals surface area (Å²) in [6, 6.07) is 58.0.